The van der Waals surface area contributed by atoms with E-state index in [4.69, 9.17) is 4.98 Å². The highest BCUT2D eigenvalue weighted by Crippen LogP contribution is 2.32. The van der Waals surface area contributed by atoms with Crippen molar-refractivity contribution in [3.8, 4) is 11.4 Å². The molecular weight excluding hydrogens is 278 g/mol. The second kappa shape index (κ2) is 5.64. The molecule has 1 aliphatic heterocycles. The normalized spacial score (nSPS) is 20.5. The lowest BCUT2D eigenvalue weighted by atomic mass is 9.88. The summed E-state index contributed by atoms with van der Waals surface area (Å²) in [4.78, 5) is 6.22. The number of anilines is 1. The molecule has 1 atom stereocenters. The first-order chi connectivity index (χ1) is 10.5. The Bertz CT molecular complexity index is 679. The molecule has 7 heteroatoms. The van der Waals surface area contributed by atoms with Crippen molar-refractivity contribution in [2.75, 3.05) is 18.4 Å². The molecule has 0 radical (unpaired) electrons. The van der Waals surface area contributed by atoms with Crippen LogP contribution in [0.3, 0.4) is 0 Å². The summed E-state index contributed by atoms with van der Waals surface area (Å²) in [6, 6.07) is 2.15. The molecule has 0 bridgehead atoms. The average Bonchev–Trinajstić information content (AvgIpc) is 2.91. The summed E-state index contributed by atoms with van der Waals surface area (Å²) in [7, 11) is 1.77. The van der Waals surface area contributed by atoms with E-state index in [0.717, 1.165) is 43.0 Å². The average molecular weight is 301 g/mol. The largest absolute Gasteiger partial charge is 0.363 e. The molecule has 0 spiro atoms. The predicted molar refractivity (Wildman–Crippen MR) is 85.7 cm³/mol. The van der Waals surface area contributed by atoms with Crippen molar-refractivity contribution in [2.24, 2.45) is 7.05 Å². The molecule has 0 fully saturated rings. The Kier molecular flexibility index (Phi) is 3.82. The number of fused-ring (bicyclic) bond motifs is 1. The van der Waals surface area contributed by atoms with E-state index in [-0.39, 0.29) is 5.54 Å². The van der Waals surface area contributed by atoms with Crippen LogP contribution in [0.25, 0.3) is 11.4 Å². The maximum Gasteiger partial charge on any atom is 0.206 e. The summed E-state index contributed by atoms with van der Waals surface area (Å²) in [6.07, 6.45) is 2.08. The predicted octanol–water partition coefficient (Wildman–Crippen LogP) is 1.31. The molecular formula is C15H23N7. The van der Waals surface area contributed by atoms with Gasteiger partial charge in [0, 0.05) is 17.6 Å². The van der Waals surface area contributed by atoms with Crippen LogP contribution < -0.4 is 10.6 Å². The Hall–Kier alpha value is -2.02. The van der Waals surface area contributed by atoms with E-state index < -0.39 is 0 Å². The number of hydrogen-bond acceptors (Lipinski definition) is 6. The Balaban J connectivity index is 1.90. The van der Waals surface area contributed by atoms with E-state index in [1.54, 1.807) is 7.05 Å². The molecule has 3 rings (SSSR count). The van der Waals surface area contributed by atoms with Crippen LogP contribution in [-0.2, 0) is 13.5 Å². The minimum atomic E-state index is 0.0504. The molecule has 3 heterocycles. The highest BCUT2D eigenvalue weighted by atomic mass is 15.6. The summed E-state index contributed by atoms with van der Waals surface area (Å²) < 4.78 is 0. The van der Waals surface area contributed by atoms with Gasteiger partial charge in [-0.15, -0.1) is 10.2 Å². The Morgan fingerprint density at radius 3 is 2.95 bits per heavy atom. The Morgan fingerprint density at radius 1 is 1.45 bits per heavy atom. The Morgan fingerprint density at radius 2 is 2.27 bits per heavy atom. The lowest BCUT2D eigenvalue weighted by molar-refractivity contribution is 0.426. The van der Waals surface area contributed by atoms with Crippen LogP contribution in [0, 0.1) is 6.92 Å². The number of nitrogens with one attached hydrogen (secondary N) is 2. The van der Waals surface area contributed by atoms with Crippen LogP contribution in [0.1, 0.15) is 31.5 Å². The van der Waals surface area contributed by atoms with Gasteiger partial charge in [0.1, 0.15) is 5.82 Å². The minimum Gasteiger partial charge on any atom is -0.363 e. The van der Waals surface area contributed by atoms with Gasteiger partial charge in [0.05, 0.1) is 12.7 Å². The monoisotopic (exact) mass is 301 g/mol. The SMILES string of the molecule is CCNC[C@@]1(C)CCc2cc(-c3nnn(C)n3)c(C)nc2N1. The number of pyridine rings is 1. The van der Waals surface area contributed by atoms with Gasteiger partial charge in [-0.3, -0.25) is 0 Å². The molecule has 2 N–H and O–H groups in total. The molecule has 0 saturated heterocycles. The number of hydrogen-bond donors (Lipinski definition) is 2. The maximum atomic E-state index is 4.75. The van der Waals surface area contributed by atoms with Gasteiger partial charge in [0.25, 0.3) is 0 Å². The van der Waals surface area contributed by atoms with E-state index in [9.17, 15) is 0 Å². The van der Waals surface area contributed by atoms with Crippen LogP contribution in [0.2, 0.25) is 0 Å². The summed E-state index contributed by atoms with van der Waals surface area (Å²) in [5.41, 5.74) is 3.16. The van der Waals surface area contributed by atoms with Crippen LogP contribution in [0.4, 0.5) is 5.82 Å². The smallest absolute Gasteiger partial charge is 0.206 e. The molecule has 0 unspecified atom stereocenters. The van der Waals surface area contributed by atoms with Gasteiger partial charge < -0.3 is 10.6 Å². The first kappa shape index (κ1) is 14.9. The van der Waals surface area contributed by atoms with Crippen LogP contribution in [-0.4, -0.2) is 43.8 Å². The lowest BCUT2D eigenvalue weighted by Gasteiger charge is -2.36. The lowest BCUT2D eigenvalue weighted by Crippen LogP contribution is -2.47. The van der Waals surface area contributed by atoms with Crippen molar-refractivity contribution in [2.45, 2.75) is 39.2 Å². The van der Waals surface area contributed by atoms with Crippen LogP contribution >= 0.6 is 0 Å². The number of tetrazole rings is 1. The van der Waals surface area contributed by atoms with Crippen molar-refractivity contribution >= 4 is 5.82 Å². The zero-order valence-corrected chi connectivity index (χ0v) is 13.6. The summed E-state index contributed by atoms with van der Waals surface area (Å²) >= 11 is 0. The van der Waals surface area contributed by atoms with Crippen molar-refractivity contribution in [1.29, 1.82) is 0 Å². The van der Waals surface area contributed by atoms with Gasteiger partial charge in [-0.25, -0.2) is 4.98 Å². The van der Waals surface area contributed by atoms with Crippen LogP contribution in [0.15, 0.2) is 6.07 Å². The minimum absolute atomic E-state index is 0.0504. The number of likely N-dealkylation sites (N-methyl/N-ethyl adjacent to an activating group) is 1. The van der Waals surface area contributed by atoms with Crippen molar-refractivity contribution in [1.82, 2.24) is 30.5 Å². The van der Waals surface area contributed by atoms with E-state index in [2.05, 4.69) is 46.0 Å². The highest BCUT2D eigenvalue weighted by molar-refractivity contribution is 5.64. The van der Waals surface area contributed by atoms with Gasteiger partial charge in [-0.1, -0.05) is 6.92 Å². The quantitative estimate of drug-likeness (QED) is 0.886. The second-order valence-corrected chi connectivity index (χ2v) is 6.20. The molecule has 0 saturated carbocycles. The molecule has 22 heavy (non-hydrogen) atoms. The Labute approximate surface area is 130 Å². The molecule has 7 nitrogen and oxygen atoms in total. The van der Waals surface area contributed by atoms with E-state index in [0.29, 0.717) is 5.82 Å². The highest BCUT2D eigenvalue weighted by Gasteiger charge is 2.30. The molecule has 2 aromatic heterocycles. The first-order valence-corrected chi connectivity index (χ1v) is 7.74. The molecule has 0 aliphatic carbocycles. The van der Waals surface area contributed by atoms with Gasteiger partial charge in [0.15, 0.2) is 0 Å². The third-order valence-corrected chi connectivity index (χ3v) is 4.17. The first-order valence-electron chi connectivity index (χ1n) is 7.74. The molecule has 0 amide bonds. The summed E-state index contributed by atoms with van der Waals surface area (Å²) in [6.45, 7) is 8.28. The third kappa shape index (κ3) is 2.81. The van der Waals surface area contributed by atoms with Gasteiger partial charge in [-0.2, -0.15) is 4.80 Å². The fourth-order valence-corrected chi connectivity index (χ4v) is 2.86. The number of aryl methyl sites for hydroxylation is 3. The number of aromatic nitrogens is 5. The van der Waals surface area contributed by atoms with E-state index in [1.165, 1.54) is 10.4 Å². The molecule has 1 aliphatic rings. The molecule has 118 valence electrons. The van der Waals surface area contributed by atoms with Gasteiger partial charge >= 0.3 is 0 Å². The maximum absolute atomic E-state index is 4.75. The van der Waals surface area contributed by atoms with E-state index in [1.807, 2.05) is 6.92 Å². The molecule has 0 aromatic carbocycles. The number of nitrogens with zero attached hydrogens (tertiary/aromatic N) is 5. The summed E-state index contributed by atoms with van der Waals surface area (Å²) in [5, 5.41) is 19.3. The van der Waals surface area contributed by atoms with E-state index >= 15 is 0 Å². The third-order valence-electron chi connectivity index (χ3n) is 4.17. The van der Waals surface area contributed by atoms with Crippen molar-refractivity contribution in [3.05, 3.63) is 17.3 Å². The number of rotatable bonds is 4. The van der Waals surface area contributed by atoms with Gasteiger partial charge in [0.2, 0.25) is 5.82 Å². The van der Waals surface area contributed by atoms with Crippen molar-refractivity contribution in [3.63, 3.8) is 0 Å². The van der Waals surface area contributed by atoms with Crippen molar-refractivity contribution < 1.29 is 0 Å². The standard InChI is InChI=1S/C15H23N7/c1-5-16-9-15(3)7-6-11-8-12(10(2)17-13(11)18-15)14-19-21-22(4)20-14/h8,16H,5-7,9H2,1-4H3,(H,17,18)/t15-/m1/s1. The summed E-state index contributed by atoms with van der Waals surface area (Å²) in [5.74, 6) is 1.62. The fraction of sp³-hybridized carbons (Fsp3) is 0.600. The second-order valence-electron chi connectivity index (χ2n) is 6.20. The zero-order valence-electron chi connectivity index (χ0n) is 13.6. The zero-order chi connectivity index (χ0) is 15.7. The van der Waals surface area contributed by atoms with Crippen LogP contribution in [0.5, 0.6) is 0 Å². The van der Waals surface area contributed by atoms with Gasteiger partial charge in [-0.05, 0) is 50.1 Å². The molecule has 2 aromatic rings. The fourth-order valence-electron chi connectivity index (χ4n) is 2.86. The topological polar surface area (TPSA) is 80.6 Å².